The number of carbonyl (C=O) groups excluding carboxylic acids is 1. The van der Waals surface area contributed by atoms with Gasteiger partial charge in [-0.1, -0.05) is 18.7 Å². The SMILES string of the molecule is C=CCOC(=O)c1cc[nH]c1C(C(=O)O)n1ccccc1=O. The zero-order chi connectivity index (χ0) is 16.1. The minimum absolute atomic E-state index is 0.00643. The van der Waals surface area contributed by atoms with Gasteiger partial charge in [-0.3, -0.25) is 9.36 Å². The number of carboxylic acid groups (broad SMARTS) is 1. The monoisotopic (exact) mass is 302 g/mol. The quantitative estimate of drug-likeness (QED) is 0.616. The third kappa shape index (κ3) is 2.98. The molecule has 0 saturated carbocycles. The smallest absolute Gasteiger partial charge is 0.340 e. The number of carbonyl (C=O) groups is 2. The molecule has 0 saturated heterocycles. The van der Waals surface area contributed by atoms with Crippen LogP contribution in [0.15, 0.2) is 54.1 Å². The average molecular weight is 302 g/mol. The van der Waals surface area contributed by atoms with Crippen LogP contribution in [-0.2, 0) is 9.53 Å². The van der Waals surface area contributed by atoms with Gasteiger partial charge in [0.1, 0.15) is 6.61 Å². The maximum absolute atomic E-state index is 12.0. The highest BCUT2D eigenvalue weighted by Gasteiger charge is 2.29. The first kappa shape index (κ1) is 15.3. The van der Waals surface area contributed by atoms with Gasteiger partial charge in [0.15, 0.2) is 6.04 Å². The first-order chi connectivity index (χ1) is 10.6. The predicted molar refractivity (Wildman–Crippen MR) is 77.7 cm³/mol. The van der Waals surface area contributed by atoms with Crippen LogP contribution in [0.3, 0.4) is 0 Å². The van der Waals surface area contributed by atoms with E-state index in [1.807, 2.05) is 0 Å². The molecule has 2 aromatic rings. The van der Waals surface area contributed by atoms with E-state index in [0.29, 0.717) is 0 Å². The Kier molecular flexibility index (Phi) is 4.57. The normalized spacial score (nSPS) is 11.6. The molecule has 0 aromatic carbocycles. The van der Waals surface area contributed by atoms with E-state index in [1.165, 1.54) is 42.7 Å². The lowest BCUT2D eigenvalue weighted by molar-refractivity contribution is -0.139. The summed E-state index contributed by atoms with van der Waals surface area (Å²) >= 11 is 0. The lowest BCUT2D eigenvalue weighted by Crippen LogP contribution is -2.31. The molecule has 0 radical (unpaired) electrons. The minimum Gasteiger partial charge on any atom is -0.479 e. The molecule has 0 aliphatic heterocycles. The van der Waals surface area contributed by atoms with Crippen LogP contribution in [0.25, 0.3) is 0 Å². The maximum Gasteiger partial charge on any atom is 0.340 e. The summed E-state index contributed by atoms with van der Waals surface area (Å²) in [6.07, 6.45) is 4.17. The van der Waals surface area contributed by atoms with E-state index >= 15 is 0 Å². The van der Waals surface area contributed by atoms with Crippen molar-refractivity contribution in [3.63, 3.8) is 0 Å². The van der Waals surface area contributed by atoms with E-state index in [1.54, 1.807) is 0 Å². The van der Waals surface area contributed by atoms with Gasteiger partial charge in [0, 0.05) is 18.5 Å². The number of aliphatic carboxylic acids is 1. The number of hydrogen-bond acceptors (Lipinski definition) is 4. The molecule has 22 heavy (non-hydrogen) atoms. The number of aromatic amines is 1. The molecule has 0 amide bonds. The topological polar surface area (TPSA) is 101 Å². The number of hydrogen-bond donors (Lipinski definition) is 2. The summed E-state index contributed by atoms with van der Waals surface area (Å²) in [7, 11) is 0. The van der Waals surface area contributed by atoms with Crippen LogP contribution in [0.4, 0.5) is 0 Å². The zero-order valence-corrected chi connectivity index (χ0v) is 11.6. The Bertz CT molecular complexity index is 759. The van der Waals surface area contributed by atoms with Gasteiger partial charge in [-0.05, 0) is 12.1 Å². The summed E-state index contributed by atoms with van der Waals surface area (Å²) in [5.74, 6) is -1.96. The van der Waals surface area contributed by atoms with Gasteiger partial charge >= 0.3 is 11.9 Å². The summed E-state index contributed by atoms with van der Waals surface area (Å²) < 4.78 is 5.94. The molecule has 7 nitrogen and oxygen atoms in total. The van der Waals surface area contributed by atoms with Crippen molar-refractivity contribution in [2.75, 3.05) is 6.61 Å². The van der Waals surface area contributed by atoms with Gasteiger partial charge in [0.2, 0.25) is 0 Å². The fraction of sp³-hybridized carbons (Fsp3) is 0.133. The lowest BCUT2D eigenvalue weighted by Gasteiger charge is -2.15. The van der Waals surface area contributed by atoms with Crippen molar-refractivity contribution in [3.05, 3.63) is 70.9 Å². The zero-order valence-electron chi connectivity index (χ0n) is 11.6. The number of ether oxygens (including phenoxy) is 1. The maximum atomic E-state index is 12.0. The van der Waals surface area contributed by atoms with Gasteiger partial charge < -0.3 is 14.8 Å². The molecule has 114 valence electrons. The number of nitrogens with one attached hydrogen (secondary N) is 1. The fourth-order valence-corrected chi connectivity index (χ4v) is 2.03. The van der Waals surface area contributed by atoms with Gasteiger partial charge in [-0.15, -0.1) is 0 Å². The van der Waals surface area contributed by atoms with Crippen LogP contribution < -0.4 is 5.56 Å². The summed E-state index contributed by atoms with van der Waals surface area (Å²) in [5.41, 5.74) is -0.352. The van der Waals surface area contributed by atoms with E-state index in [2.05, 4.69) is 11.6 Å². The van der Waals surface area contributed by atoms with Crippen molar-refractivity contribution >= 4 is 11.9 Å². The molecule has 0 bridgehead atoms. The van der Waals surface area contributed by atoms with Crippen LogP contribution in [-0.4, -0.2) is 33.2 Å². The van der Waals surface area contributed by atoms with Crippen molar-refractivity contribution in [2.24, 2.45) is 0 Å². The highest BCUT2D eigenvalue weighted by Crippen LogP contribution is 2.21. The van der Waals surface area contributed by atoms with Gasteiger partial charge in [0.05, 0.1) is 11.3 Å². The molecule has 0 fully saturated rings. The van der Waals surface area contributed by atoms with Gasteiger partial charge in [-0.25, -0.2) is 9.59 Å². The number of aromatic nitrogens is 2. The molecule has 1 unspecified atom stereocenters. The number of rotatable bonds is 6. The molecular formula is C15H14N2O5. The van der Waals surface area contributed by atoms with E-state index in [4.69, 9.17) is 4.74 Å². The highest BCUT2D eigenvalue weighted by molar-refractivity contribution is 5.93. The Labute approximate surface area is 125 Å². The van der Waals surface area contributed by atoms with Crippen LogP contribution in [0, 0.1) is 0 Å². The van der Waals surface area contributed by atoms with Crippen molar-refractivity contribution in [2.45, 2.75) is 6.04 Å². The van der Waals surface area contributed by atoms with Gasteiger partial charge in [0.25, 0.3) is 5.56 Å². The van der Waals surface area contributed by atoms with Crippen molar-refractivity contribution < 1.29 is 19.4 Å². The Hall–Kier alpha value is -3.09. The molecule has 0 spiro atoms. The predicted octanol–water partition coefficient (Wildman–Crippen LogP) is 1.19. The minimum atomic E-state index is -1.35. The fourth-order valence-electron chi connectivity index (χ4n) is 2.03. The molecule has 0 aliphatic rings. The number of carboxylic acids is 1. The Balaban J connectivity index is 2.48. The second-order valence-corrected chi connectivity index (χ2v) is 4.38. The van der Waals surface area contributed by atoms with Crippen LogP contribution in [0.2, 0.25) is 0 Å². The van der Waals surface area contributed by atoms with Gasteiger partial charge in [-0.2, -0.15) is 0 Å². The Morgan fingerprint density at radius 1 is 1.41 bits per heavy atom. The molecule has 0 aliphatic carbocycles. The summed E-state index contributed by atoms with van der Waals surface area (Å²) in [6.45, 7) is 3.44. The summed E-state index contributed by atoms with van der Waals surface area (Å²) in [6, 6.07) is 4.34. The molecule has 2 heterocycles. The molecule has 2 rings (SSSR count). The van der Waals surface area contributed by atoms with Crippen LogP contribution >= 0.6 is 0 Å². The molecule has 1 atom stereocenters. The average Bonchev–Trinajstić information content (AvgIpc) is 2.96. The summed E-state index contributed by atoms with van der Waals surface area (Å²) in [5, 5.41) is 9.46. The third-order valence-electron chi connectivity index (χ3n) is 2.97. The van der Waals surface area contributed by atoms with Crippen molar-refractivity contribution in [1.29, 1.82) is 0 Å². The van der Waals surface area contributed by atoms with E-state index in [-0.39, 0.29) is 17.9 Å². The second-order valence-electron chi connectivity index (χ2n) is 4.38. The first-order valence-electron chi connectivity index (χ1n) is 6.41. The largest absolute Gasteiger partial charge is 0.479 e. The standard InChI is InChI=1S/C15H14N2O5/c1-2-9-22-15(21)10-6-7-16-12(10)13(14(19)20)17-8-4-3-5-11(17)18/h2-8,13,16H,1,9H2,(H,19,20). The van der Waals surface area contributed by atoms with E-state index in [9.17, 15) is 19.5 Å². The number of H-pyrrole nitrogens is 1. The molecule has 7 heteroatoms. The number of esters is 1. The Morgan fingerprint density at radius 3 is 2.82 bits per heavy atom. The van der Waals surface area contributed by atoms with Crippen molar-refractivity contribution in [3.8, 4) is 0 Å². The van der Waals surface area contributed by atoms with E-state index < -0.39 is 23.5 Å². The lowest BCUT2D eigenvalue weighted by atomic mass is 10.1. The Morgan fingerprint density at radius 2 is 2.18 bits per heavy atom. The van der Waals surface area contributed by atoms with Crippen molar-refractivity contribution in [1.82, 2.24) is 9.55 Å². The highest BCUT2D eigenvalue weighted by atomic mass is 16.5. The van der Waals surface area contributed by atoms with Crippen LogP contribution in [0.5, 0.6) is 0 Å². The first-order valence-corrected chi connectivity index (χ1v) is 6.41. The van der Waals surface area contributed by atoms with Crippen LogP contribution in [0.1, 0.15) is 22.1 Å². The van der Waals surface area contributed by atoms with E-state index in [0.717, 1.165) is 4.57 Å². The summed E-state index contributed by atoms with van der Waals surface area (Å²) in [4.78, 5) is 38.1. The third-order valence-corrected chi connectivity index (χ3v) is 2.97. The molecular weight excluding hydrogens is 288 g/mol. The molecule has 2 aromatic heterocycles. The molecule has 2 N–H and O–H groups in total. The number of nitrogens with zero attached hydrogens (tertiary/aromatic N) is 1. The second kappa shape index (κ2) is 6.57. The number of pyridine rings is 1.